The van der Waals surface area contributed by atoms with Gasteiger partial charge < -0.3 is 5.32 Å². The number of benzene rings is 1. The van der Waals surface area contributed by atoms with Crippen LogP contribution in [0, 0.1) is 32.1 Å². The van der Waals surface area contributed by atoms with Crippen molar-refractivity contribution in [3.8, 4) is 6.07 Å². The molecule has 0 saturated heterocycles. The lowest BCUT2D eigenvalue weighted by atomic mass is 10.1. The van der Waals surface area contributed by atoms with E-state index < -0.39 is 0 Å². The summed E-state index contributed by atoms with van der Waals surface area (Å²) in [6.07, 6.45) is 0. The Bertz CT molecular complexity index is 672. The SMILES string of the molecule is Cc1cc(C)c(C#N)c(Nc2cc(Cl)ccc2C)n1. The lowest BCUT2D eigenvalue weighted by Crippen LogP contribution is -2.02. The summed E-state index contributed by atoms with van der Waals surface area (Å²) in [5.41, 5.74) is 4.26. The van der Waals surface area contributed by atoms with Gasteiger partial charge in [-0.3, -0.25) is 0 Å². The van der Waals surface area contributed by atoms with Crippen LogP contribution in [0.15, 0.2) is 24.3 Å². The monoisotopic (exact) mass is 271 g/mol. The first-order chi connectivity index (χ1) is 9.01. The highest BCUT2D eigenvalue weighted by Crippen LogP contribution is 2.26. The minimum atomic E-state index is 0.560. The summed E-state index contributed by atoms with van der Waals surface area (Å²) in [6, 6.07) is 9.68. The van der Waals surface area contributed by atoms with E-state index in [-0.39, 0.29) is 0 Å². The van der Waals surface area contributed by atoms with Crippen molar-refractivity contribution in [3.05, 3.63) is 51.7 Å². The van der Waals surface area contributed by atoms with Crippen LogP contribution in [-0.2, 0) is 0 Å². The first kappa shape index (κ1) is 13.4. The number of rotatable bonds is 2. The van der Waals surface area contributed by atoms with Gasteiger partial charge in [-0.05, 0) is 50.1 Å². The van der Waals surface area contributed by atoms with Crippen LogP contribution >= 0.6 is 11.6 Å². The predicted octanol–water partition coefficient (Wildman–Crippen LogP) is 4.28. The number of aryl methyl sites for hydroxylation is 3. The summed E-state index contributed by atoms with van der Waals surface area (Å²) < 4.78 is 0. The molecule has 3 nitrogen and oxygen atoms in total. The third-order valence-electron chi connectivity index (χ3n) is 2.91. The largest absolute Gasteiger partial charge is 0.339 e. The van der Waals surface area contributed by atoms with Gasteiger partial charge in [0.1, 0.15) is 11.9 Å². The van der Waals surface area contributed by atoms with Crippen LogP contribution in [0.3, 0.4) is 0 Å². The zero-order valence-electron chi connectivity index (χ0n) is 11.1. The second-order valence-electron chi connectivity index (χ2n) is 4.50. The fourth-order valence-corrected chi connectivity index (χ4v) is 2.10. The summed E-state index contributed by atoms with van der Waals surface area (Å²) in [5.74, 6) is 0.574. The zero-order valence-corrected chi connectivity index (χ0v) is 11.8. The fraction of sp³-hybridized carbons (Fsp3) is 0.200. The number of hydrogen-bond acceptors (Lipinski definition) is 3. The third-order valence-corrected chi connectivity index (χ3v) is 3.14. The highest BCUT2D eigenvalue weighted by Gasteiger charge is 2.10. The molecule has 0 atom stereocenters. The Hall–Kier alpha value is -2.05. The molecule has 1 N–H and O–H groups in total. The van der Waals surface area contributed by atoms with Crippen molar-refractivity contribution in [1.29, 1.82) is 5.26 Å². The van der Waals surface area contributed by atoms with E-state index in [1.54, 1.807) is 0 Å². The van der Waals surface area contributed by atoms with Crippen LogP contribution in [0.1, 0.15) is 22.4 Å². The predicted molar refractivity (Wildman–Crippen MR) is 77.9 cm³/mol. The van der Waals surface area contributed by atoms with Gasteiger partial charge in [-0.15, -0.1) is 0 Å². The Balaban J connectivity index is 2.49. The molecule has 96 valence electrons. The number of anilines is 2. The zero-order chi connectivity index (χ0) is 14.0. The van der Waals surface area contributed by atoms with Gasteiger partial charge in [0.15, 0.2) is 0 Å². The van der Waals surface area contributed by atoms with E-state index in [0.29, 0.717) is 16.4 Å². The molecule has 0 fully saturated rings. The van der Waals surface area contributed by atoms with Crippen molar-refractivity contribution in [2.24, 2.45) is 0 Å². The van der Waals surface area contributed by atoms with Crippen LogP contribution in [0.5, 0.6) is 0 Å². The molecule has 0 amide bonds. The van der Waals surface area contributed by atoms with Crippen molar-refractivity contribution in [3.63, 3.8) is 0 Å². The van der Waals surface area contributed by atoms with E-state index in [0.717, 1.165) is 22.5 Å². The maximum atomic E-state index is 9.24. The topological polar surface area (TPSA) is 48.7 Å². The number of pyridine rings is 1. The smallest absolute Gasteiger partial charge is 0.148 e. The molecule has 4 heteroatoms. The van der Waals surface area contributed by atoms with Crippen LogP contribution in [-0.4, -0.2) is 4.98 Å². The standard InChI is InChI=1S/C15H14ClN3/c1-9-4-5-12(16)7-14(9)19-15-13(8-17)10(2)6-11(3)18-15/h4-7H,1-3H3,(H,18,19). The molecule has 1 aromatic heterocycles. The first-order valence-corrected chi connectivity index (χ1v) is 6.30. The van der Waals surface area contributed by atoms with Gasteiger partial charge in [-0.2, -0.15) is 5.26 Å². The molecule has 0 spiro atoms. The Kier molecular flexibility index (Phi) is 3.73. The molecular formula is C15H14ClN3. The minimum Gasteiger partial charge on any atom is -0.339 e. The molecule has 1 heterocycles. The maximum absolute atomic E-state index is 9.24. The van der Waals surface area contributed by atoms with Crippen LogP contribution < -0.4 is 5.32 Å². The lowest BCUT2D eigenvalue weighted by molar-refractivity contribution is 1.16. The first-order valence-electron chi connectivity index (χ1n) is 5.93. The van der Waals surface area contributed by atoms with E-state index >= 15 is 0 Å². The number of halogens is 1. The number of aromatic nitrogens is 1. The number of nitriles is 1. The average Bonchev–Trinajstić information content (AvgIpc) is 2.33. The molecule has 0 aliphatic carbocycles. The molecule has 1 aromatic carbocycles. The molecular weight excluding hydrogens is 258 g/mol. The molecule has 2 rings (SSSR count). The fourth-order valence-electron chi connectivity index (χ4n) is 1.92. The minimum absolute atomic E-state index is 0.560. The molecule has 0 bridgehead atoms. The van der Waals surface area contributed by atoms with Crippen molar-refractivity contribution in [2.75, 3.05) is 5.32 Å². The van der Waals surface area contributed by atoms with Gasteiger partial charge in [-0.1, -0.05) is 17.7 Å². The van der Waals surface area contributed by atoms with Crippen molar-refractivity contribution in [1.82, 2.24) is 4.98 Å². The van der Waals surface area contributed by atoms with E-state index in [1.807, 2.05) is 45.0 Å². The highest BCUT2D eigenvalue weighted by molar-refractivity contribution is 6.30. The van der Waals surface area contributed by atoms with Gasteiger partial charge in [0.2, 0.25) is 0 Å². The quantitative estimate of drug-likeness (QED) is 0.887. The molecule has 0 saturated carbocycles. The Labute approximate surface area is 117 Å². The summed E-state index contributed by atoms with van der Waals surface area (Å²) >= 11 is 5.99. The van der Waals surface area contributed by atoms with Crippen LogP contribution in [0.25, 0.3) is 0 Å². The lowest BCUT2D eigenvalue weighted by Gasteiger charge is -2.12. The van der Waals surface area contributed by atoms with Crippen LogP contribution in [0.4, 0.5) is 11.5 Å². The molecule has 0 aliphatic rings. The summed E-state index contributed by atoms with van der Waals surface area (Å²) in [6.45, 7) is 5.79. The second kappa shape index (κ2) is 5.29. The van der Waals surface area contributed by atoms with Crippen LogP contribution in [0.2, 0.25) is 5.02 Å². The van der Waals surface area contributed by atoms with E-state index in [4.69, 9.17) is 11.6 Å². The van der Waals surface area contributed by atoms with Gasteiger partial charge in [0, 0.05) is 16.4 Å². The Morgan fingerprint density at radius 1 is 1.16 bits per heavy atom. The third kappa shape index (κ3) is 2.86. The van der Waals surface area contributed by atoms with Gasteiger partial charge >= 0.3 is 0 Å². The number of nitrogens with one attached hydrogen (secondary N) is 1. The maximum Gasteiger partial charge on any atom is 0.148 e. The average molecular weight is 272 g/mol. The normalized spacial score (nSPS) is 10.1. The number of nitrogens with zero attached hydrogens (tertiary/aromatic N) is 2. The summed E-state index contributed by atoms with van der Waals surface area (Å²) in [7, 11) is 0. The van der Waals surface area contributed by atoms with E-state index in [1.165, 1.54) is 0 Å². The second-order valence-corrected chi connectivity index (χ2v) is 4.94. The Morgan fingerprint density at radius 3 is 2.58 bits per heavy atom. The molecule has 19 heavy (non-hydrogen) atoms. The van der Waals surface area contributed by atoms with Crippen molar-refractivity contribution >= 4 is 23.1 Å². The molecule has 0 radical (unpaired) electrons. The van der Waals surface area contributed by atoms with Gasteiger partial charge in [-0.25, -0.2) is 4.98 Å². The number of hydrogen-bond donors (Lipinski definition) is 1. The van der Waals surface area contributed by atoms with E-state index in [2.05, 4.69) is 16.4 Å². The van der Waals surface area contributed by atoms with Gasteiger partial charge in [0.05, 0.1) is 5.56 Å². The van der Waals surface area contributed by atoms with E-state index in [9.17, 15) is 5.26 Å². The Morgan fingerprint density at radius 2 is 1.89 bits per heavy atom. The van der Waals surface area contributed by atoms with Crippen molar-refractivity contribution in [2.45, 2.75) is 20.8 Å². The highest BCUT2D eigenvalue weighted by atomic mass is 35.5. The molecule has 0 aliphatic heterocycles. The molecule has 2 aromatic rings. The molecule has 0 unspecified atom stereocenters. The van der Waals surface area contributed by atoms with Gasteiger partial charge in [0.25, 0.3) is 0 Å². The van der Waals surface area contributed by atoms with Crippen molar-refractivity contribution < 1.29 is 0 Å². The summed E-state index contributed by atoms with van der Waals surface area (Å²) in [4.78, 5) is 4.39. The summed E-state index contributed by atoms with van der Waals surface area (Å²) in [5, 5.41) is 13.1.